The average molecular weight is 412 g/mol. The highest BCUT2D eigenvalue weighted by atomic mass is 79.9. The maximum absolute atomic E-state index is 13.1. The molecule has 0 atom stereocenters. The van der Waals surface area contributed by atoms with Crippen LogP contribution < -0.4 is 4.74 Å². The summed E-state index contributed by atoms with van der Waals surface area (Å²) in [5.41, 5.74) is 2.20. The van der Waals surface area contributed by atoms with Crippen molar-refractivity contribution in [2.75, 3.05) is 13.7 Å². The molecule has 1 aromatic heterocycles. The summed E-state index contributed by atoms with van der Waals surface area (Å²) in [5.74, 6) is -0.479. The highest BCUT2D eigenvalue weighted by molar-refractivity contribution is 9.10. The van der Waals surface area contributed by atoms with Crippen molar-refractivity contribution in [1.82, 2.24) is 4.57 Å². The summed E-state index contributed by atoms with van der Waals surface area (Å²) in [6, 6.07) is 5.78. The molecular formula is C18H19BrFNO4. The number of hydrogen-bond acceptors (Lipinski definition) is 4. The minimum absolute atomic E-state index is 0.161. The second-order valence-electron chi connectivity index (χ2n) is 5.55. The zero-order valence-corrected chi connectivity index (χ0v) is 15.9. The largest absolute Gasteiger partial charge is 0.484 e. The van der Waals surface area contributed by atoms with Gasteiger partial charge in [0.1, 0.15) is 11.6 Å². The van der Waals surface area contributed by atoms with Crippen LogP contribution in [0, 0.1) is 19.7 Å². The number of hydrogen-bond donors (Lipinski definition) is 0. The standard InChI is InChI=1S/C18H19BrFNO4/c1-11-8-14(12(2)21(11)7-6-18(23)24-3)16(22)10-25-17-5-4-13(20)9-15(17)19/h4-5,8-9H,6-7,10H2,1-3H3. The van der Waals surface area contributed by atoms with Crippen molar-refractivity contribution in [3.63, 3.8) is 0 Å². The van der Waals surface area contributed by atoms with Gasteiger partial charge in [-0.05, 0) is 54.0 Å². The molecule has 0 saturated heterocycles. The van der Waals surface area contributed by atoms with Gasteiger partial charge in [-0.3, -0.25) is 9.59 Å². The third kappa shape index (κ3) is 4.69. The Morgan fingerprint density at radius 1 is 1.24 bits per heavy atom. The predicted octanol–water partition coefficient (Wildman–Crippen LogP) is 3.83. The number of esters is 1. The van der Waals surface area contributed by atoms with Gasteiger partial charge in [0.2, 0.25) is 5.78 Å². The lowest BCUT2D eigenvalue weighted by molar-refractivity contribution is -0.140. The molecule has 0 fully saturated rings. The second kappa shape index (κ2) is 8.29. The van der Waals surface area contributed by atoms with Gasteiger partial charge < -0.3 is 14.0 Å². The zero-order chi connectivity index (χ0) is 18.6. The van der Waals surface area contributed by atoms with Crippen LogP contribution in [0.1, 0.15) is 28.2 Å². The Bertz CT molecular complexity index is 801. The molecule has 5 nitrogen and oxygen atoms in total. The quantitative estimate of drug-likeness (QED) is 0.513. The van der Waals surface area contributed by atoms with E-state index in [2.05, 4.69) is 20.7 Å². The molecule has 0 spiro atoms. The molecule has 0 aliphatic carbocycles. The minimum Gasteiger partial charge on any atom is -0.484 e. The molecule has 134 valence electrons. The lowest BCUT2D eigenvalue weighted by Gasteiger charge is -2.10. The van der Waals surface area contributed by atoms with Gasteiger partial charge in [-0.25, -0.2) is 4.39 Å². The van der Waals surface area contributed by atoms with E-state index in [1.165, 1.54) is 25.3 Å². The molecule has 0 N–H and O–H groups in total. The van der Waals surface area contributed by atoms with E-state index in [0.29, 0.717) is 22.3 Å². The van der Waals surface area contributed by atoms with Crippen LogP contribution in [-0.4, -0.2) is 30.0 Å². The number of benzene rings is 1. The fraction of sp³-hybridized carbons (Fsp3) is 0.333. The Balaban J connectivity index is 2.07. The Kier molecular flexibility index (Phi) is 6.36. The fourth-order valence-electron chi connectivity index (χ4n) is 2.55. The van der Waals surface area contributed by atoms with Gasteiger partial charge in [-0.2, -0.15) is 0 Å². The number of rotatable bonds is 7. The van der Waals surface area contributed by atoms with E-state index in [1.54, 1.807) is 6.07 Å². The first-order chi connectivity index (χ1) is 11.8. The van der Waals surface area contributed by atoms with Gasteiger partial charge in [-0.1, -0.05) is 0 Å². The third-order valence-corrected chi connectivity index (χ3v) is 4.51. The molecule has 0 bridgehead atoms. The van der Waals surface area contributed by atoms with Crippen molar-refractivity contribution < 1.29 is 23.5 Å². The van der Waals surface area contributed by atoms with Crippen LogP contribution in [-0.2, 0) is 16.1 Å². The summed E-state index contributed by atoms with van der Waals surface area (Å²) in [4.78, 5) is 23.8. The van der Waals surface area contributed by atoms with Gasteiger partial charge in [-0.15, -0.1) is 0 Å². The molecule has 0 aliphatic rings. The average Bonchev–Trinajstić information content (AvgIpc) is 2.86. The maximum atomic E-state index is 13.1. The van der Waals surface area contributed by atoms with Gasteiger partial charge in [0, 0.05) is 23.5 Å². The number of methoxy groups -OCH3 is 1. The minimum atomic E-state index is -0.389. The number of carbonyl (C=O) groups excluding carboxylic acids is 2. The van der Waals surface area contributed by atoms with Crippen molar-refractivity contribution in [3.05, 3.63) is 51.5 Å². The van der Waals surface area contributed by atoms with Crippen LogP contribution in [0.5, 0.6) is 5.75 Å². The topological polar surface area (TPSA) is 57.5 Å². The van der Waals surface area contributed by atoms with E-state index in [0.717, 1.165) is 11.4 Å². The summed E-state index contributed by atoms with van der Waals surface area (Å²) in [5, 5.41) is 0. The first kappa shape index (κ1) is 19.2. The molecule has 2 aromatic rings. The number of Topliss-reactive ketones (excluding diaryl/α,β-unsaturated/α-hetero) is 1. The molecule has 0 aliphatic heterocycles. The smallest absolute Gasteiger partial charge is 0.307 e. The molecule has 0 unspecified atom stereocenters. The van der Waals surface area contributed by atoms with Crippen molar-refractivity contribution in [2.24, 2.45) is 0 Å². The van der Waals surface area contributed by atoms with Gasteiger partial charge in [0.15, 0.2) is 6.61 Å². The van der Waals surface area contributed by atoms with Crippen molar-refractivity contribution in [1.29, 1.82) is 0 Å². The summed E-state index contributed by atoms with van der Waals surface area (Å²) >= 11 is 3.20. The van der Waals surface area contributed by atoms with Crippen LogP contribution in [0.15, 0.2) is 28.7 Å². The second-order valence-corrected chi connectivity index (χ2v) is 6.40. The highest BCUT2D eigenvalue weighted by Gasteiger charge is 2.17. The molecule has 0 saturated carbocycles. The maximum Gasteiger partial charge on any atom is 0.307 e. The van der Waals surface area contributed by atoms with Crippen molar-refractivity contribution in [2.45, 2.75) is 26.8 Å². The Morgan fingerprint density at radius 3 is 2.60 bits per heavy atom. The third-order valence-electron chi connectivity index (χ3n) is 3.89. The van der Waals surface area contributed by atoms with Gasteiger partial charge in [0.05, 0.1) is 18.0 Å². The summed E-state index contributed by atoms with van der Waals surface area (Å²) in [7, 11) is 1.34. The number of ether oxygens (including phenoxy) is 2. The van der Waals surface area contributed by atoms with E-state index in [1.807, 2.05) is 18.4 Å². The lowest BCUT2D eigenvalue weighted by Crippen LogP contribution is -2.14. The van der Waals surface area contributed by atoms with Crippen LogP contribution in [0.2, 0.25) is 0 Å². The molecule has 1 aromatic carbocycles. The lowest BCUT2D eigenvalue weighted by atomic mass is 10.1. The van der Waals surface area contributed by atoms with Crippen molar-refractivity contribution in [3.8, 4) is 5.75 Å². The molecule has 7 heteroatoms. The number of aryl methyl sites for hydroxylation is 1. The predicted molar refractivity (Wildman–Crippen MR) is 94.5 cm³/mol. The normalized spacial score (nSPS) is 10.6. The Labute approximate surface area is 153 Å². The van der Waals surface area contributed by atoms with E-state index >= 15 is 0 Å². The SMILES string of the molecule is COC(=O)CCn1c(C)cc(C(=O)COc2ccc(F)cc2Br)c1C. The van der Waals surface area contributed by atoms with Crippen LogP contribution in [0.4, 0.5) is 4.39 Å². The zero-order valence-electron chi connectivity index (χ0n) is 14.3. The van der Waals surface area contributed by atoms with E-state index in [4.69, 9.17) is 4.74 Å². The molecule has 0 radical (unpaired) electrons. The Hall–Kier alpha value is -2.15. The number of ketones is 1. The van der Waals surface area contributed by atoms with E-state index in [-0.39, 0.29) is 30.6 Å². The summed E-state index contributed by atoms with van der Waals surface area (Å²) in [6.45, 7) is 3.98. The number of nitrogens with zero attached hydrogens (tertiary/aromatic N) is 1. The van der Waals surface area contributed by atoms with E-state index < -0.39 is 0 Å². The molecule has 1 heterocycles. The molecule has 2 rings (SSSR count). The first-order valence-corrected chi connectivity index (χ1v) is 8.47. The van der Waals surface area contributed by atoms with Gasteiger partial charge in [0.25, 0.3) is 0 Å². The Morgan fingerprint density at radius 2 is 1.96 bits per heavy atom. The van der Waals surface area contributed by atoms with Crippen LogP contribution in [0.3, 0.4) is 0 Å². The van der Waals surface area contributed by atoms with Gasteiger partial charge >= 0.3 is 5.97 Å². The van der Waals surface area contributed by atoms with Crippen molar-refractivity contribution >= 4 is 27.7 Å². The number of aromatic nitrogens is 1. The number of carbonyl (C=O) groups is 2. The molecule has 0 amide bonds. The highest BCUT2D eigenvalue weighted by Crippen LogP contribution is 2.26. The monoisotopic (exact) mass is 411 g/mol. The number of halogens is 2. The fourth-order valence-corrected chi connectivity index (χ4v) is 3.01. The molecule has 25 heavy (non-hydrogen) atoms. The van der Waals surface area contributed by atoms with E-state index in [9.17, 15) is 14.0 Å². The van der Waals surface area contributed by atoms with Crippen LogP contribution >= 0.6 is 15.9 Å². The summed E-state index contributed by atoms with van der Waals surface area (Å²) in [6.07, 6.45) is 0.236. The first-order valence-electron chi connectivity index (χ1n) is 7.68. The molecular weight excluding hydrogens is 393 g/mol. The van der Waals surface area contributed by atoms with Crippen LogP contribution in [0.25, 0.3) is 0 Å². The summed E-state index contributed by atoms with van der Waals surface area (Å²) < 4.78 is 25.6.